The Bertz CT molecular complexity index is 124. The second kappa shape index (κ2) is 1.75. The van der Waals surface area contributed by atoms with Crippen LogP contribution in [0.15, 0.2) is 10.7 Å². The summed E-state index contributed by atoms with van der Waals surface area (Å²) in [6.45, 7) is -0.125. The highest BCUT2D eigenvalue weighted by molar-refractivity contribution is 4.86. The first-order valence-corrected chi connectivity index (χ1v) is 1.85. The van der Waals surface area contributed by atoms with Gasteiger partial charge in [-0.3, -0.25) is 0 Å². The molecule has 0 amide bonds. The lowest BCUT2D eigenvalue weighted by molar-refractivity contribution is 0.228. The van der Waals surface area contributed by atoms with Gasteiger partial charge in [0.1, 0.15) is 6.61 Å². The van der Waals surface area contributed by atoms with Gasteiger partial charge in [-0.1, -0.05) is 5.16 Å². The van der Waals surface area contributed by atoms with Gasteiger partial charge >= 0.3 is 0 Å². The molecule has 0 bridgehead atoms. The summed E-state index contributed by atoms with van der Waals surface area (Å²) in [5.41, 5.74) is 0. The first kappa shape index (κ1) is 4.33. The lowest BCUT2D eigenvalue weighted by Gasteiger charge is -1.75. The van der Waals surface area contributed by atoms with Gasteiger partial charge in [-0.25, -0.2) is 0 Å². The summed E-state index contributed by atoms with van der Waals surface area (Å²) in [5, 5.41) is 11.6. The summed E-state index contributed by atoms with van der Waals surface area (Å²) >= 11 is 0. The van der Waals surface area contributed by atoms with Crippen molar-refractivity contribution in [3.63, 3.8) is 0 Å². The predicted molar refractivity (Wildman–Crippen MR) is 21.3 cm³/mol. The number of rotatable bonds is 1. The average molecular weight is 98.1 g/mol. The molecular formula is C4H4NO2. The standard InChI is InChI=1S/C4H4NO2/c6-3-4-1-2-5-7-4/h2,6H,3H2. The SMILES string of the molecule is OCc1[c]cno1. The summed E-state index contributed by atoms with van der Waals surface area (Å²) < 4.78 is 4.43. The fourth-order valence-corrected chi connectivity index (χ4v) is 0.289. The lowest BCUT2D eigenvalue weighted by atomic mass is 10.5. The molecule has 1 heterocycles. The second-order valence-electron chi connectivity index (χ2n) is 1.05. The Hall–Kier alpha value is -0.830. The van der Waals surface area contributed by atoms with Crippen LogP contribution in [0.25, 0.3) is 0 Å². The van der Waals surface area contributed by atoms with Gasteiger partial charge in [-0.15, -0.1) is 0 Å². The van der Waals surface area contributed by atoms with E-state index in [1.807, 2.05) is 0 Å². The van der Waals surface area contributed by atoms with Crippen LogP contribution in [0.2, 0.25) is 0 Å². The minimum atomic E-state index is -0.125. The Morgan fingerprint density at radius 1 is 2.00 bits per heavy atom. The molecule has 0 fully saturated rings. The fourth-order valence-electron chi connectivity index (χ4n) is 0.289. The van der Waals surface area contributed by atoms with E-state index in [2.05, 4.69) is 15.7 Å². The van der Waals surface area contributed by atoms with E-state index in [-0.39, 0.29) is 6.61 Å². The third-order valence-electron chi connectivity index (χ3n) is 0.585. The summed E-state index contributed by atoms with van der Waals surface area (Å²) in [4.78, 5) is 0. The number of aliphatic hydroxyl groups excluding tert-OH is 1. The van der Waals surface area contributed by atoms with Gasteiger partial charge in [-0.05, 0) is 0 Å². The predicted octanol–water partition coefficient (Wildman–Crippen LogP) is -0.0329. The summed E-state index contributed by atoms with van der Waals surface area (Å²) in [6, 6.07) is 2.56. The largest absolute Gasteiger partial charge is 0.388 e. The van der Waals surface area contributed by atoms with E-state index >= 15 is 0 Å². The van der Waals surface area contributed by atoms with E-state index in [0.717, 1.165) is 0 Å². The molecule has 0 spiro atoms. The monoisotopic (exact) mass is 98.0 g/mol. The van der Waals surface area contributed by atoms with Crippen molar-refractivity contribution in [2.45, 2.75) is 6.61 Å². The number of hydrogen-bond acceptors (Lipinski definition) is 3. The minimum Gasteiger partial charge on any atom is -0.388 e. The Morgan fingerprint density at radius 2 is 2.86 bits per heavy atom. The van der Waals surface area contributed by atoms with Gasteiger partial charge in [0, 0.05) is 0 Å². The molecule has 0 unspecified atom stereocenters. The van der Waals surface area contributed by atoms with E-state index in [9.17, 15) is 0 Å². The van der Waals surface area contributed by atoms with Crippen LogP contribution in [0.5, 0.6) is 0 Å². The fraction of sp³-hybridized carbons (Fsp3) is 0.250. The van der Waals surface area contributed by atoms with E-state index in [1.165, 1.54) is 6.20 Å². The van der Waals surface area contributed by atoms with Crippen molar-refractivity contribution in [1.29, 1.82) is 0 Å². The number of nitrogens with zero attached hydrogens (tertiary/aromatic N) is 1. The normalized spacial score (nSPS) is 9.29. The number of hydrogen-bond donors (Lipinski definition) is 1. The highest BCUT2D eigenvalue weighted by atomic mass is 16.5. The maximum atomic E-state index is 8.26. The molecule has 0 saturated heterocycles. The molecule has 1 N–H and O–H groups in total. The Morgan fingerprint density at radius 3 is 3.14 bits per heavy atom. The third kappa shape index (κ3) is 0.778. The van der Waals surface area contributed by atoms with Crippen molar-refractivity contribution in [2.75, 3.05) is 0 Å². The van der Waals surface area contributed by atoms with Crippen molar-refractivity contribution < 1.29 is 9.63 Å². The highest BCUT2D eigenvalue weighted by Crippen LogP contribution is 1.91. The number of aromatic nitrogens is 1. The van der Waals surface area contributed by atoms with E-state index in [0.29, 0.717) is 5.76 Å². The molecule has 0 aliphatic heterocycles. The van der Waals surface area contributed by atoms with Crippen LogP contribution in [-0.2, 0) is 6.61 Å². The first-order valence-electron chi connectivity index (χ1n) is 1.85. The summed E-state index contributed by atoms with van der Waals surface area (Å²) in [7, 11) is 0. The zero-order chi connectivity index (χ0) is 5.11. The van der Waals surface area contributed by atoms with Crippen molar-refractivity contribution >= 4 is 0 Å². The van der Waals surface area contributed by atoms with Gasteiger partial charge in [0.25, 0.3) is 0 Å². The molecule has 1 radical (unpaired) electrons. The molecule has 0 aromatic carbocycles. The van der Waals surface area contributed by atoms with Crippen LogP contribution in [0, 0.1) is 6.07 Å². The topological polar surface area (TPSA) is 46.3 Å². The maximum absolute atomic E-state index is 8.26. The molecule has 7 heavy (non-hydrogen) atoms. The molecule has 1 aromatic heterocycles. The molecule has 1 rings (SSSR count). The Kier molecular flexibility index (Phi) is 1.08. The van der Waals surface area contributed by atoms with Crippen LogP contribution in [0.1, 0.15) is 5.76 Å². The van der Waals surface area contributed by atoms with Crippen LogP contribution < -0.4 is 0 Å². The van der Waals surface area contributed by atoms with Gasteiger partial charge in [0.2, 0.25) is 0 Å². The zero-order valence-corrected chi connectivity index (χ0v) is 3.59. The lowest BCUT2D eigenvalue weighted by Crippen LogP contribution is -1.73. The third-order valence-corrected chi connectivity index (χ3v) is 0.585. The van der Waals surface area contributed by atoms with Crippen molar-refractivity contribution in [1.82, 2.24) is 5.16 Å². The van der Waals surface area contributed by atoms with Crippen LogP contribution in [0.3, 0.4) is 0 Å². The van der Waals surface area contributed by atoms with Crippen molar-refractivity contribution in [2.24, 2.45) is 0 Å². The highest BCUT2D eigenvalue weighted by Gasteiger charge is 1.89. The molecule has 3 nitrogen and oxygen atoms in total. The Labute approximate surface area is 40.6 Å². The van der Waals surface area contributed by atoms with E-state index in [1.54, 1.807) is 0 Å². The molecular weight excluding hydrogens is 94.0 g/mol. The smallest absolute Gasteiger partial charge is 0.170 e. The molecule has 0 atom stereocenters. The molecule has 3 heteroatoms. The zero-order valence-electron chi connectivity index (χ0n) is 3.59. The molecule has 0 aliphatic carbocycles. The van der Waals surface area contributed by atoms with Crippen LogP contribution in [-0.4, -0.2) is 10.3 Å². The Balaban J connectivity index is 2.76. The quantitative estimate of drug-likeness (QED) is 0.536. The van der Waals surface area contributed by atoms with E-state index < -0.39 is 0 Å². The van der Waals surface area contributed by atoms with Gasteiger partial charge in [-0.2, -0.15) is 0 Å². The summed E-state index contributed by atoms with van der Waals surface area (Å²) in [5.74, 6) is 0.375. The molecule has 1 aromatic rings. The minimum absolute atomic E-state index is 0.125. The van der Waals surface area contributed by atoms with Gasteiger partial charge in [0.05, 0.1) is 12.3 Å². The number of aliphatic hydroxyl groups is 1. The van der Waals surface area contributed by atoms with Gasteiger partial charge in [0.15, 0.2) is 5.76 Å². The molecule has 0 saturated carbocycles. The average Bonchev–Trinajstić information content (AvgIpc) is 2.14. The molecule has 37 valence electrons. The van der Waals surface area contributed by atoms with Crippen molar-refractivity contribution in [3.05, 3.63) is 18.0 Å². The maximum Gasteiger partial charge on any atom is 0.170 e. The first-order chi connectivity index (χ1) is 3.43. The van der Waals surface area contributed by atoms with Crippen LogP contribution in [0.4, 0.5) is 0 Å². The summed E-state index contributed by atoms with van der Waals surface area (Å²) in [6.07, 6.45) is 1.37. The second-order valence-corrected chi connectivity index (χ2v) is 1.05. The van der Waals surface area contributed by atoms with Gasteiger partial charge < -0.3 is 9.63 Å². The van der Waals surface area contributed by atoms with Crippen LogP contribution >= 0.6 is 0 Å². The van der Waals surface area contributed by atoms with E-state index in [4.69, 9.17) is 5.11 Å². The molecule has 0 aliphatic rings. The van der Waals surface area contributed by atoms with Crippen molar-refractivity contribution in [3.8, 4) is 0 Å².